The van der Waals surface area contributed by atoms with Gasteiger partial charge in [0.2, 0.25) is 10.0 Å². The molecular weight excluding hydrogens is 359 g/mol. The van der Waals surface area contributed by atoms with Crippen LogP contribution in [0.3, 0.4) is 0 Å². The van der Waals surface area contributed by atoms with Crippen molar-refractivity contribution in [2.24, 2.45) is 0 Å². The first-order valence-electron chi connectivity index (χ1n) is 8.11. The Bertz CT molecular complexity index is 931. The van der Waals surface area contributed by atoms with Crippen LogP contribution in [0.2, 0.25) is 0 Å². The molecular formula is C18H19FN2O4S. The molecule has 2 aromatic carbocycles. The van der Waals surface area contributed by atoms with Crippen LogP contribution in [0.4, 0.5) is 10.1 Å². The number of carbonyl (C=O) groups excluding carboxylic acids is 1. The van der Waals surface area contributed by atoms with Crippen LogP contribution in [0.25, 0.3) is 0 Å². The van der Waals surface area contributed by atoms with Gasteiger partial charge in [0, 0.05) is 24.3 Å². The highest BCUT2D eigenvalue weighted by Crippen LogP contribution is 2.21. The number of sulfonamides is 1. The van der Waals surface area contributed by atoms with Crippen molar-refractivity contribution in [3.63, 3.8) is 0 Å². The Balaban J connectivity index is 1.72. The smallest absolute Gasteiger partial charge is 0.255 e. The van der Waals surface area contributed by atoms with E-state index < -0.39 is 21.7 Å². The molecule has 3 rings (SSSR count). The molecule has 138 valence electrons. The second-order valence-electron chi connectivity index (χ2n) is 6.01. The Morgan fingerprint density at radius 2 is 2.08 bits per heavy atom. The van der Waals surface area contributed by atoms with E-state index in [2.05, 4.69) is 5.32 Å². The normalized spacial score (nSPS) is 16.4. The maximum absolute atomic E-state index is 13.7. The quantitative estimate of drug-likeness (QED) is 0.868. The van der Waals surface area contributed by atoms with Gasteiger partial charge in [0.15, 0.2) is 11.6 Å². The van der Waals surface area contributed by atoms with Gasteiger partial charge in [0.05, 0.1) is 12.9 Å². The van der Waals surface area contributed by atoms with Crippen molar-refractivity contribution in [3.8, 4) is 5.75 Å². The molecule has 26 heavy (non-hydrogen) atoms. The van der Waals surface area contributed by atoms with Gasteiger partial charge in [-0.3, -0.25) is 4.79 Å². The molecule has 0 spiro atoms. The first-order chi connectivity index (χ1) is 12.4. The molecule has 1 aliphatic heterocycles. The number of rotatable bonds is 5. The number of hydrogen-bond donors (Lipinski definition) is 1. The zero-order valence-electron chi connectivity index (χ0n) is 14.2. The van der Waals surface area contributed by atoms with Crippen molar-refractivity contribution < 1.29 is 22.3 Å². The number of carbonyl (C=O) groups is 1. The van der Waals surface area contributed by atoms with E-state index in [0.29, 0.717) is 18.7 Å². The molecule has 2 aromatic rings. The van der Waals surface area contributed by atoms with E-state index in [1.54, 1.807) is 24.3 Å². The molecule has 0 atom stereocenters. The Morgan fingerprint density at radius 1 is 1.27 bits per heavy atom. The highest BCUT2D eigenvalue weighted by molar-refractivity contribution is 7.89. The summed E-state index contributed by atoms with van der Waals surface area (Å²) in [7, 11) is -1.83. The van der Waals surface area contributed by atoms with Crippen LogP contribution in [0.5, 0.6) is 5.75 Å². The molecule has 1 fully saturated rings. The molecule has 0 aromatic heterocycles. The third-order valence-corrected chi connectivity index (χ3v) is 6.06. The number of ether oxygens (including phenoxy) is 1. The highest BCUT2D eigenvalue weighted by Gasteiger charge is 2.28. The second kappa shape index (κ2) is 7.43. The van der Waals surface area contributed by atoms with Gasteiger partial charge in [0.1, 0.15) is 0 Å². The van der Waals surface area contributed by atoms with Crippen LogP contribution in [0, 0.1) is 5.82 Å². The van der Waals surface area contributed by atoms with Gasteiger partial charge in [-0.2, -0.15) is 4.31 Å². The zero-order valence-corrected chi connectivity index (χ0v) is 15.1. The van der Waals surface area contributed by atoms with E-state index in [1.807, 2.05) is 0 Å². The lowest BCUT2D eigenvalue weighted by Crippen LogP contribution is -2.25. The van der Waals surface area contributed by atoms with E-state index in [1.165, 1.54) is 23.5 Å². The van der Waals surface area contributed by atoms with Gasteiger partial charge >= 0.3 is 0 Å². The fourth-order valence-electron chi connectivity index (χ4n) is 2.83. The predicted molar refractivity (Wildman–Crippen MR) is 96.2 cm³/mol. The second-order valence-corrected chi connectivity index (χ2v) is 8.10. The van der Waals surface area contributed by atoms with Gasteiger partial charge in [-0.1, -0.05) is 12.1 Å². The van der Waals surface area contributed by atoms with Gasteiger partial charge in [0.25, 0.3) is 5.91 Å². The van der Waals surface area contributed by atoms with E-state index in [-0.39, 0.29) is 23.6 Å². The number of anilines is 1. The lowest BCUT2D eigenvalue weighted by molar-refractivity contribution is 0.102. The van der Waals surface area contributed by atoms with Gasteiger partial charge in [-0.25, -0.2) is 12.8 Å². The summed E-state index contributed by atoms with van der Waals surface area (Å²) in [6.07, 6.45) is 0.627. The maximum Gasteiger partial charge on any atom is 0.255 e. The van der Waals surface area contributed by atoms with Crippen molar-refractivity contribution in [2.45, 2.75) is 13.0 Å². The third-order valence-electron chi connectivity index (χ3n) is 4.16. The van der Waals surface area contributed by atoms with Crippen molar-refractivity contribution in [3.05, 3.63) is 59.4 Å². The summed E-state index contributed by atoms with van der Waals surface area (Å²) in [5.74, 6) is -0.840. The SMILES string of the molecule is COc1ccc(C(=O)Nc2cccc(CN3CCCS3(=O)=O)c2)cc1F. The first-order valence-corrected chi connectivity index (χ1v) is 9.71. The summed E-state index contributed by atoms with van der Waals surface area (Å²) in [6.45, 7) is 0.771. The molecule has 0 aliphatic carbocycles. The Morgan fingerprint density at radius 3 is 2.73 bits per heavy atom. The summed E-state index contributed by atoms with van der Waals surface area (Å²) in [5, 5.41) is 2.69. The van der Waals surface area contributed by atoms with Gasteiger partial charge < -0.3 is 10.1 Å². The number of nitrogens with one attached hydrogen (secondary N) is 1. The molecule has 0 bridgehead atoms. The van der Waals surface area contributed by atoms with Crippen LogP contribution < -0.4 is 10.1 Å². The van der Waals surface area contributed by atoms with Gasteiger partial charge in [-0.05, 0) is 42.3 Å². The molecule has 0 radical (unpaired) electrons. The van der Waals surface area contributed by atoms with Crippen LogP contribution in [0.15, 0.2) is 42.5 Å². The monoisotopic (exact) mass is 378 g/mol. The van der Waals surface area contributed by atoms with E-state index in [0.717, 1.165) is 11.6 Å². The van der Waals surface area contributed by atoms with Crippen LogP contribution in [0.1, 0.15) is 22.3 Å². The van der Waals surface area contributed by atoms with Crippen LogP contribution >= 0.6 is 0 Å². The molecule has 1 amide bonds. The standard InChI is InChI=1S/C18H19FN2O4S/c1-25-17-7-6-14(11-16(17)19)18(22)20-15-5-2-4-13(10-15)12-21-8-3-9-26(21,23)24/h2,4-7,10-11H,3,8-9,12H2,1H3,(H,20,22). The summed E-state index contributed by atoms with van der Waals surface area (Å²) in [4.78, 5) is 12.3. The number of hydrogen-bond acceptors (Lipinski definition) is 4. The molecule has 0 saturated carbocycles. The van der Waals surface area contributed by atoms with Crippen molar-refractivity contribution in [2.75, 3.05) is 24.7 Å². The minimum Gasteiger partial charge on any atom is -0.494 e. The molecule has 0 unspecified atom stereocenters. The Labute approximate surface area is 151 Å². The summed E-state index contributed by atoms with van der Waals surface area (Å²) < 4.78 is 43.8. The first kappa shape index (κ1) is 18.3. The molecule has 8 heteroatoms. The van der Waals surface area contributed by atoms with Crippen molar-refractivity contribution in [1.82, 2.24) is 4.31 Å². The lowest BCUT2D eigenvalue weighted by Gasteiger charge is -2.15. The van der Waals surface area contributed by atoms with Crippen LogP contribution in [-0.4, -0.2) is 38.0 Å². The molecule has 1 saturated heterocycles. The predicted octanol–water partition coefficient (Wildman–Crippen LogP) is 2.62. The fourth-order valence-corrected chi connectivity index (χ4v) is 4.34. The van der Waals surface area contributed by atoms with E-state index in [4.69, 9.17) is 4.74 Å². The largest absolute Gasteiger partial charge is 0.494 e. The summed E-state index contributed by atoms with van der Waals surface area (Å²) in [5.41, 5.74) is 1.45. The molecule has 1 heterocycles. The molecule has 1 aliphatic rings. The number of nitrogens with zero attached hydrogens (tertiary/aromatic N) is 1. The number of amides is 1. The Hall–Kier alpha value is -2.45. The summed E-state index contributed by atoms with van der Waals surface area (Å²) >= 11 is 0. The van der Waals surface area contributed by atoms with Gasteiger partial charge in [-0.15, -0.1) is 0 Å². The average Bonchev–Trinajstić information content (AvgIpc) is 2.93. The van der Waals surface area contributed by atoms with E-state index in [9.17, 15) is 17.6 Å². The minimum atomic E-state index is -3.18. The van der Waals surface area contributed by atoms with Crippen molar-refractivity contribution >= 4 is 21.6 Å². The number of methoxy groups -OCH3 is 1. The van der Waals surface area contributed by atoms with Crippen LogP contribution in [-0.2, 0) is 16.6 Å². The number of benzene rings is 2. The van der Waals surface area contributed by atoms with E-state index >= 15 is 0 Å². The molecule has 6 nitrogen and oxygen atoms in total. The minimum absolute atomic E-state index is 0.0652. The maximum atomic E-state index is 13.7. The van der Waals surface area contributed by atoms with Crippen molar-refractivity contribution in [1.29, 1.82) is 0 Å². The fraction of sp³-hybridized carbons (Fsp3) is 0.278. The zero-order chi connectivity index (χ0) is 18.7. The molecule has 1 N–H and O–H groups in total. The topological polar surface area (TPSA) is 75.7 Å². The average molecular weight is 378 g/mol. The highest BCUT2D eigenvalue weighted by atomic mass is 32.2. The third kappa shape index (κ3) is 4.03. The summed E-state index contributed by atoms with van der Waals surface area (Å²) in [6, 6.07) is 10.9. The lowest BCUT2D eigenvalue weighted by atomic mass is 10.1. The number of halogens is 1. The Kier molecular flexibility index (Phi) is 5.24.